The van der Waals surface area contributed by atoms with Gasteiger partial charge in [-0.2, -0.15) is 0 Å². The Bertz CT molecular complexity index is 1950. The number of aryl methyl sites for hydroxylation is 2. The van der Waals surface area contributed by atoms with Crippen molar-refractivity contribution >= 4 is 28.4 Å². The van der Waals surface area contributed by atoms with Crippen molar-refractivity contribution in [1.82, 2.24) is 15.6 Å². The maximum atomic E-state index is 13.8. The normalized spacial score (nSPS) is 17.1. The number of fused-ring (bicyclic) bond motifs is 6. The number of hydrogen-bond acceptors (Lipinski definition) is 8. The number of hydrogen-bond donors (Lipinski definition) is 4. The number of ether oxygens (including phenoxy) is 4. The lowest BCUT2D eigenvalue weighted by molar-refractivity contribution is -0.122. The molecule has 252 valence electrons. The zero-order chi connectivity index (χ0) is 34.1. The third-order valence-corrected chi connectivity index (χ3v) is 9.41. The van der Waals surface area contributed by atoms with E-state index < -0.39 is 12.1 Å². The van der Waals surface area contributed by atoms with Crippen LogP contribution in [0.2, 0.25) is 0 Å². The molecular formula is C37H42N4O7. The largest absolute Gasteiger partial charge is 0.497 e. The lowest BCUT2D eigenvalue weighted by atomic mass is 9.91. The van der Waals surface area contributed by atoms with Crippen LogP contribution in [0, 0.1) is 0 Å². The molecule has 0 fully saturated rings. The molecule has 1 heterocycles. The fourth-order valence-corrected chi connectivity index (χ4v) is 7.14. The molecule has 11 nitrogen and oxygen atoms in total. The number of nitrogens with one attached hydrogen (secondary N) is 4. The monoisotopic (exact) mass is 654 g/mol. The molecule has 4 N–H and O–H groups in total. The van der Waals surface area contributed by atoms with E-state index in [1.807, 2.05) is 30.3 Å². The van der Waals surface area contributed by atoms with Gasteiger partial charge in [-0.1, -0.05) is 6.07 Å². The molecule has 3 aromatic carbocycles. The highest BCUT2D eigenvalue weighted by Gasteiger charge is 2.31. The number of aromatic nitrogens is 1. The number of amides is 2. The molecule has 2 aliphatic carbocycles. The molecule has 0 spiro atoms. The van der Waals surface area contributed by atoms with Crippen molar-refractivity contribution in [1.29, 1.82) is 0 Å². The van der Waals surface area contributed by atoms with Crippen LogP contribution in [0.25, 0.3) is 22.0 Å². The van der Waals surface area contributed by atoms with Crippen LogP contribution in [0.3, 0.4) is 0 Å². The minimum Gasteiger partial charge on any atom is -0.497 e. The zero-order valence-electron chi connectivity index (χ0n) is 28.2. The Balaban J connectivity index is 1.33. The van der Waals surface area contributed by atoms with E-state index in [2.05, 4.69) is 20.9 Å². The number of carbonyl (C=O) groups is 2. The van der Waals surface area contributed by atoms with Crippen LogP contribution in [0.1, 0.15) is 67.6 Å². The number of anilines is 1. The number of H-pyrrole nitrogens is 1. The van der Waals surface area contributed by atoms with Crippen LogP contribution < -0.4 is 40.3 Å². The fourth-order valence-electron chi connectivity index (χ4n) is 7.14. The molecule has 2 amide bonds. The molecule has 0 aliphatic heterocycles. The third-order valence-electron chi connectivity index (χ3n) is 9.41. The summed E-state index contributed by atoms with van der Waals surface area (Å²) in [5.41, 5.74) is 6.21. The van der Waals surface area contributed by atoms with Crippen LogP contribution in [-0.4, -0.2) is 51.3 Å². The first kappa shape index (κ1) is 32.7. The molecule has 0 unspecified atom stereocenters. The molecule has 2 aliphatic rings. The summed E-state index contributed by atoms with van der Waals surface area (Å²) in [6, 6.07) is 11.6. The van der Waals surface area contributed by atoms with Crippen LogP contribution >= 0.6 is 0 Å². The highest BCUT2D eigenvalue weighted by atomic mass is 16.5. The molecule has 0 bridgehead atoms. The molecule has 0 saturated carbocycles. The van der Waals surface area contributed by atoms with Gasteiger partial charge in [-0.05, 0) is 97.7 Å². The summed E-state index contributed by atoms with van der Waals surface area (Å²) in [5.74, 6) is 1.79. The summed E-state index contributed by atoms with van der Waals surface area (Å²) in [6.07, 6.45) is 3.80. The van der Waals surface area contributed by atoms with Gasteiger partial charge in [-0.15, -0.1) is 0 Å². The first-order valence-corrected chi connectivity index (χ1v) is 16.2. The van der Waals surface area contributed by atoms with Crippen molar-refractivity contribution in [2.45, 2.75) is 64.1 Å². The Morgan fingerprint density at radius 3 is 2.38 bits per heavy atom. The first-order chi connectivity index (χ1) is 23.2. The Morgan fingerprint density at radius 2 is 1.67 bits per heavy atom. The number of carbonyl (C=O) groups excluding carboxylic acids is 2. The van der Waals surface area contributed by atoms with Crippen LogP contribution in [-0.2, 0) is 22.4 Å². The summed E-state index contributed by atoms with van der Waals surface area (Å²) in [4.78, 5) is 43.2. The summed E-state index contributed by atoms with van der Waals surface area (Å²) < 4.78 is 22.6. The smallest absolute Gasteiger partial charge is 0.242 e. The molecule has 1 aromatic heterocycles. The van der Waals surface area contributed by atoms with Crippen molar-refractivity contribution in [3.05, 3.63) is 75.1 Å². The zero-order valence-corrected chi connectivity index (χ0v) is 28.2. The van der Waals surface area contributed by atoms with Gasteiger partial charge in [-0.3, -0.25) is 14.4 Å². The van der Waals surface area contributed by atoms with Gasteiger partial charge < -0.3 is 39.9 Å². The first-order valence-electron chi connectivity index (χ1n) is 16.2. The molecular weight excluding hydrogens is 612 g/mol. The summed E-state index contributed by atoms with van der Waals surface area (Å²) >= 11 is 0. The molecule has 0 saturated heterocycles. The lowest BCUT2D eigenvalue weighted by Gasteiger charge is -2.25. The minimum absolute atomic E-state index is 0.187. The summed E-state index contributed by atoms with van der Waals surface area (Å²) in [6.45, 7) is 3.20. The molecule has 48 heavy (non-hydrogen) atoms. The maximum Gasteiger partial charge on any atom is 0.242 e. The van der Waals surface area contributed by atoms with Crippen LogP contribution in [0.15, 0.2) is 47.3 Å². The van der Waals surface area contributed by atoms with E-state index >= 15 is 0 Å². The van der Waals surface area contributed by atoms with Crippen molar-refractivity contribution in [3.8, 4) is 34.1 Å². The van der Waals surface area contributed by atoms with E-state index in [0.717, 1.165) is 52.7 Å². The standard InChI is InChI=1S/C37H42N4O7/c1-19(37(44)41-30-9-7-8-24-25-17-22(45-3)11-14-28(25)40-34(24)30)38-29-15-12-23-26(18-31(29)43)27(39-20(2)42)13-10-21-16-32(46-4)35(47-5)36(48-6)33(21)23/h11-12,14-19,27,30,40H,7-10,13H2,1-6H3,(H,38,43)(H,39,42)(H,41,44)/t19-,27-,30-/m0/s1. The van der Waals surface area contributed by atoms with Crippen LogP contribution in [0.5, 0.6) is 23.0 Å². The molecule has 11 heteroatoms. The fraction of sp³-hybridized carbons (Fsp3) is 0.378. The molecule has 6 rings (SSSR count). The van der Waals surface area contributed by atoms with Crippen LogP contribution in [0.4, 0.5) is 5.69 Å². The average molecular weight is 655 g/mol. The Hall–Kier alpha value is -5.19. The molecule has 4 aromatic rings. The maximum absolute atomic E-state index is 13.8. The van der Waals surface area contributed by atoms with Crippen molar-refractivity contribution in [2.24, 2.45) is 0 Å². The average Bonchev–Trinajstić information content (AvgIpc) is 3.31. The topological polar surface area (TPSA) is 140 Å². The molecule has 0 radical (unpaired) electrons. The number of aromatic amines is 1. The highest BCUT2D eigenvalue weighted by molar-refractivity contribution is 5.88. The number of methoxy groups -OCH3 is 4. The lowest BCUT2D eigenvalue weighted by Crippen LogP contribution is -2.41. The third kappa shape index (κ3) is 6.00. The van der Waals surface area contributed by atoms with E-state index in [1.165, 1.54) is 12.5 Å². The Labute approximate surface area is 279 Å². The van der Waals surface area contributed by atoms with Gasteiger partial charge in [0.2, 0.25) is 23.0 Å². The van der Waals surface area contributed by atoms with Crippen molar-refractivity contribution < 1.29 is 28.5 Å². The van der Waals surface area contributed by atoms with Gasteiger partial charge in [0.05, 0.1) is 46.2 Å². The van der Waals surface area contributed by atoms with Crippen molar-refractivity contribution in [3.63, 3.8) is 0 Å². The second-order valence-electron chi connectivity index (χ2n) is 12.3. The van der Waals surface area contributed by atoms with E-state index in [-0.39, 0.29) is 29.0 Å². The van der Waals surface area contributed by atoms with Crippen molar-refractivity contribution in [2.75, 3.05) is 33.8 Å². The van der Waals surface area contributed by atoms with Gasteiger partial charge in [0.1, 0.15) is 11.8 Å². The molecule has 3 atom stereocenters. The highest BCUT2D eigenvalue weighted by Crippen LogP contribution is 2.50. The summed E-state index contributed by atoms with van der Waals surface area (Å²) in [5, 5.41) is 10.5. The Morgan fingerprint density at radius 1 is 0.875 bits per heavy atom. The minimum atomic E-state index is -0.716. The Kier molecular flexibility index (Phi) is 9.21. The SMILES string of the molecule is COc1ccc2[nH]c3c(c2c1)CCC[C@@H]3NC(=O)[C@H](C)Nc1ccc2c(cc1=O)[C@@H](NC(C)=O)CCc1cc(OC)c(OC)c(OC)c1-2. The van der Waals surface area contributed by atoms with E-state index in [0.29, 0.717) is 41.2 Å². The van der Waals surface area contributed by atoms with Gasteiger partial charge in [0, 0.05) is 29.1 Å². The second-order valence-corrected chi connectivity index (χ2v) is 12.3. The van der Waals surface area contributed by atoms with Gasteiger partial charge in [0.15, 0.2) is 11.5 Å². The van der Waals surface area contributed by atoms with Gasteiger partial charge >= 0.3 is 0 Å². The predicted molar refractivity (Wildman–Crippen MR) is 184 cm³/mol. The number of benzene rings is 2. The van der Waals surface area contributed by atoms with E-state index in [9.17, 15) is 14.4 Å². The van der Waals surface area contributed by atoms with Gasteiger partial charge in [0.25, 0.3) is 0 Å². The number of rotatable bonds is 9. The second kappa shape index (κ2) is 13.5. The van der Waals surface area contributed by atoms with E-state index in [1.54, 1.807) is 47.5 Å². The summed E-state index contributed by atoms with van der Waals surface area (Å²) in [7, 11) is 6.33. The van der Waals surface area contributed by atoms with Gasteiger partial charge in [-0.25, -0.2) is 0 Å². The quantitative estimate of drug-likeness (QED) is 0.190. The predicted octanol–water partition coefficient (Wildman–Crippen LogP) is 5.35. The van der Waals surface area contributed by atoms with E-state index in [4.69, 9.17) is 18.9 Å².